The Bertz CT molecular complexity index is 532. The first kappa shape index (κ1) is 23.7. The normalized spacial score (nSPS) is 17.2. The predicted octanol–water partition coefficient (Wildman–Crippen LogP) is 1.62. The van der Waals surface area contributed by atoms with Crippen molar-refractivity contribution < 1.29 is 14.4 Å². The number of carbonyl (C=O) groups is 3. The van der Waals surface area contributed by atoms with Gasteiger partial charge in [-0.3, -0.25) is 14.4 Å². The Labute approximate surface area is 160 Å². The molecule has 1 aliphatic heterocycles. The van der Waals surface area contributed by atoms with Crippen LogP contribution in [0.1, 0.15) is 41.0 Å². The summed E-state index contributed by atoms with van der Waals surface area (Å²) in [4.78, 5) is 38.6. The summed E-state index contributed by atoms with van der Waals surface area (Å²) >= 11 is 1.52. The Morgan fingerprint density at radius 3 is 2.32 bits per heavy atom. The molecule has 25 heavy (non-hydrogen) atoms. The molecule has 9 heteroatoms. The van der Waals surface area contributed by atoms with Crippen LogP contribution in [0, 0.1) is 11.3 Å². The minimum atomic E-state index is -0.842. The third kappa shape index (κ3) is 7.64. The summed E-state index contributed by atoms with van der Waals surface area (Å²) in [6.45, 7) is 10.0. The van der Waals surface area contributed by atoms with Gasteiger partial charge in [-0.2, -0.15) is 0 Å². The van der Waals surface area contributed by atoms with Crippen LogP contribution in [-0.2, 0) is 14.4 Å². The van der Waals surface area contributed by atoms with Crippen molar-refractivity contribution in [2.45, 2.75) is 47.1 Å². The molecule has 0 aromatic rings. The van der Waals surface area contributed by atoms with Crippen molar-refractivity contribution in [2.75, 3.05) is 19.3 Å². The van der Waals surface area contributed by atoms with Crippen LogP contribution < -0.4 is 10.7 Å². The SMILES string of the molecule is CC(C)C[C@H](NC(=O)C(C)(C)C)C(=O)C(=O)N/N=C1\SCCN1C.Cl. The van der Waals surface area contributed by atoms with Gasteiger partial charge in [-0.25, -0.2) is 5.43 Å². The fourth-order valence-electron chi connectivity index (χ4n) is 1.99. The first-order valence-electron chi connectivity index (χ1n) is 8.09. The van der Waals surface area contributed by atoms with Gasteiger partial charge in [0.05, 0.1) is 6.04 Å². The quantitative estimate of drug-likeness (QED) is 0.529. The van der Waals surface area contributed by atoms with Crippen LogP contribution in [0.25, 0.3) is 0 Å². The number of nitrogens with one attached hydrogen (secondary N) is 2. The topological polar surface area (TPSA) is 90.9 Å². The lowest BCUT2D eigenvalue weighted by molar-refractivity contribution is -0.141. The third-order valence-corrected chi connectivity index (χ3v) is 4.52. The molecule has 0 aromatic carbocycles. The standard InChI is InChI=1S/C16H28N4O3S.ClH/c1-10(2)9-11(17-14(23)16(3,4)5)12(21)13(22)18-19-15-20(6)7-8-24-15;/h10-11H,7-9H2,1-6H3,(H,17,23)(H,18,22);1H/b19-15-;/t11-;/m0./s1. The Balaban J connectivity index is 0.00000576. The summed E-state index contributed by atoms with van der Waals surface area (Å²) < 4.78 is 0. The van der Waals surface area contributed by atoms with E-state index in [4.69, 9.17) is 0 Å². The monoisotopic (exact) mass is 392 g/mol. The van der Waals surface area contributed by atoms with Gasteiger partial charge in [0.25, 0.3) is 0 Å². The predicted molar refractivity (Wildman–Crippen MR) is 104 cm³/mol. The van der Waals surface area contributed by atoms with E-state index < -0.39 is 23.1 Å². The highest BCUT2D eigenvalue weighted by molar-refractivity contribution is 8.14. The molecular formula is C16H29ClN4O3S. The van der Waals surface area contributed by atoms with E-state index in [2.05, 4.69) is 15.8 Å². The fraction of sp³-hybridized carbons (Fsp3) is 0.750. The molecule has 1 fully saturated rings. The van der Waals surface area contributed by atoms with Crippen LogP contribution in [0.3, 0.4) is 0 Å². The van der Waals surface area contributed by atoms with Gasteiger partial charge in [0.15, 0.2) is 5.17 Å². The highest BCUT2D eigenvalue weighted by Gasteiger charge is 2.31. The molecule has 0 aliphatic carbocycles. The molecule has 0 unspecified atom stereocenters. The van der Waals surface area contributed by atoms with Crippen LogP contribution in [0.2, 0.25) is 0 Å². The van der Waals surface area contributed by atoms with Crippen molar-refractivity contribution >= 4 is 46.9 Å². The molecule has 1 heterocycles. The van der Waals surface area contributed by atoms with Crippen molar-refractivity contribution in [1.29, 1.82) is 0 Å². The molecule has 2 N–H and O–H groups in total. The number of hydrogen-bond donors (Lipinski definition) is 2. The summed E-state index contributed by atoms with van der Waals surface area (Å²) in [5.41, 5.74) is 1.68. The number of hydrazone groups is 1. The molecule has 1 saturated heterocycles. The lowest BCUT2D eigenvalue weighted by Crippen LogP contribution is -2.50. The van der Waals surface area contributed by atoms with Gasteiger partial charge in [-0.05, 0) is 12.3 Å². The third-order valence-electron chi connectivity index (χ3n) is 3.47. The van der Waals surface area contributed by atoms with Gasteiger partial charge in [0, 0.05) is 24.8 Å². The molecule has 1 rings (SSSR count). The summed E-state index contributed by atoms with van der Waals surface area (Å²) in [6.07, 6.45) is 0.402. The Kier molecular flexibility index (Phi) is 9.50. The molecule has 0 saturated carbocycles. The minimum absolute atomic E-state index is 0. The first-order valence-corrected chi connectivity index (χ1v) is 9.07. The van der Waals surface area contributed by atoms with Gasteiger partial charge < -0.3 is 10.2 Å². The number of nitrogens with zero attached hydrogens (tertiary/aromatic N) is 2. The number of ketones is 1. The van der Waals surface area contributed by atoms with E-state index >= 15 is 0 Å². The van der Waals surface area contributed by atoms with Crippen molar-refractivity contribution in [3.8, 4) is 0 Å². The van der Waals surface area contributed by atoms with Gasteiger partial charge >= 0.3 is 5.91 Å². The van der Waals surface area contributed by atoms with Crippen molar-refractivity contribution in [1.82, 2.24) is 15.6 Å². The van der Waals surface area contributed by atoms with Gasteiger partial charge in [-0.15, -0.1) is 17.5 Å². The molecule has 144 valence electrons. The average Bonchev–Trinajstić information content (AvgIpc) is 2.87. The zero-order valence-electron chi connectivity index (χ0n) is 15.7. The van der Waals surface area contributed by atoms with E-state index in [-0.39, 0.29) is 24.2 Å². The summed E-state index contributed by atoms with van der Waals surface area (Å²) in [5.74, 6) is -0.669. The number of rotatable bonds is 6. The Hall–Kier alpha value is -1.28. The number of carbonyl (C=O) groups excluding carboxylic acids is 3. The van der Waals surface area contributed by atoms with Crippen LogP contribution in [0.4, 0.5) is 0 Å². The molecule has 0 spiro atoms. The summed E-state index contributed by atoms with van der Waals surface area (Å²) in [5, 5.41) is 7.36. The van der Waals surface area contributed by atoms with E-state index in [1.165, 1.54) is 11.8 Å². The zero-order valence-corrected chi connectivity index (χ0v) is 17.3. The molecule has 0 aromatic heterocycles. The second kappa shape index (κ2) is 10.0. The summed E-state index contributed by atoms with van der Waals surface area (Å²) in [7, 11) is 1.87. The average molecular weight is 393 g/mol. The van der Waals surface area contributed by atoms with Crippen molar-refractivity contribution in [3.05, 3.63) is 0 Å². The smallest absolute Gasteiger partial charge is 0.309 e. The Morgan fingerprint density at radius 1 is 1.28 bits per heavy atom. The van der Waals surface area contributed by atoms with E-state index in [1.807, 2.05) is 25.8 Å². The molecule has 0 bridgehead atoms. The second-order valence-electron chi connectivity index (χ2n) is 7.38. The number of amidine groups is 1. The van der Waals surface area contributed by atoms with Crippen molar-refractivity contribution in [2.24, 2.45) is 16.4 Å². The number of thioether (sulfide) groups is 1. The largest absolute Gasteiger partial charge is 0.352 e. The van der Waals surface area contributed by atoms with Gasteiger partial charge in [0.1, 0.15) is 0 Å². The van der Waals surface area contributed by atoms with Crippen LogP contribution >= 0.6 is 24.2 Å². The Morgan fingerprint density at radius 2 is 1.88 bits per heavy atom. The van der Waals surface area contributed by atoms with Crippen LogP contribution in [0.15, 0.2) is 5.10 Å². The molecule has 0 radical (unpaired) electrons. The lowest BCUT2D eigenvalue weighted by Gasteiger charge is -2.24. The van der Waals surface area contributed by atoms with E-state index in [9.17, 15) is 14.4 Å². The van der Waals surface area contributed by atoms with Gasteiger partial charge in [-0.1, -0.05) is 46.4 Å². The maximum atomic E-state index is 12.4. The maximum absolute atomic E-state index is 12.4. The maximum Gasteiger partial charge on any atom is 0.309 e. The highest BCUT2D eigenvalue weighted by atomic mass is 35.5. The highest BCUT2D eigenvalue weighted by Crippen LogP contribution is 2.16. The van der Waals surface area contributed by atoms with E-state index in [0.717, 1.165) is 12.3 Å². The number of hydrogen-bond acceptors (Lipinski definition) is 5. The summed E-state index contributed by atoms with van der Waals surface area (Å²) in [6, 6.07) is -0.842. The molecule has 1 atom stereocenters. The van der Waals surface area contributed by atoms with Crippen LogP contribution in [0.5, 0.6) is 0 Å². The molecule has 2 amide bonds. The van der Waals surface area contributed by atoms with Gasteiger partial charge in [0.2, 0.25) is 11.7 Å². The molecular weight excluding hydrogens is 364 g/mol. The van der Waals surface area contributed by atoms with Crippen molar-refractivity contribution in [3.63, 3.8) is 0 Å². The molecule has 7 nitrogen and oxygen atoms in total. The number of amides is 2. The number of Topliss-reactive ketones (excluding diaryl/α,β-unsaturated/α-hetero) is 1. The minimum Gasteiger partial charge on any atom is -0.352 e. The van der Waals surface area contributed by atoms with E-state index in [1.54, 1.807) is 20.8 Å². The lowest BCUT2D eigenvalue weighted by atomic mass is 9.93. The molecule has 1 aliphatic rings. The number of halogens is 1. The van der Waals surface area contributed by atoms with Crippen LogP contribution in [-0.4, -0.2) is 53.1 Å². The first-order chi connectivity index (χ1) is 11.0. The fourth-order valence-corrected chi connectivity index (χ4v) is 2.96. The zero-order chi connectivity index (χ0) is 18.5. The second-order valence-corrected chi connectivity index (χ2v) is 8.44. The van der Waals surface area contributed by atoms with E-state index in [0.29, 0.717) is 11.6 Å².